The van der Waals surface area contributed by atoms with Crippen molar-refractivity contribution in [3.8, 4) is 28.6 Å². The van der Waals surface area contributed by atoms with Crippen molar-refractivity contribution in [1.29, 1.82) is 0 Å². The van der Waals surface area contributed by atoms with Crippen molar-refractivity contribution in [2.75, 3.05) is 17.9 Å². The van der Waals surface area contributed by atoms with E-state index in [1.165, 1.54) is 18.7 Å². The SMILES string of the molecule is CSc1nnc2c(n1)O[C@@H](c1ccc3c(c1)OCO3)N(C(C)=O)c1ccc(Br)cc1-2. The number of halogens is 1. The van der Waals surface area contributed by atoms with Crippen LogP contribution in [0.25, 0.3) is 11.3 Å². The smallest absolute Gasteiger partial charge is 0.247 e. The minimum atomic E-state index is -0.774. The number of thioether (sulfide) groups is 1. The molecule has 0 N–H and O–H groups in total. The van der Waals surface area contributed by atoms with Crippen LogP contribution in [0, 0.1) is 0 Å². The minimum Gasteiger partial charge on any atom is -0.454 e. The van der Waals surface area contributed by atoms with E-state index >= 15 is 0 Å². The first kappa shape index (κ1) is 19.1. The molecule has 2 aromatic carbocycles. The van der Waals surface area contributed by atoms with Gasteiger partial charge in [-0.2, -0.15) is 4.98 Å². The highest BCUT2D eigenvalue weighted by Gasteiger charge is 2.35. The second kappa shape index (κ2) is 7.44. The largest absolute Gasteiger partial charge is 0.454 e. The molecule has 0 unspecified atom stereocenters. The molecule has 2 aliphatic rings. The summed E-state index contributed by atoms with van der Waals surface area (Å²) in [7, 11) is 0. The molecule has 8 nitrogen and oxygen atoms in total. The van der Waals surface area contributed by atoms with Crippen molar-refractivity contribution in [1.82, 2.24) is 15.2 Å². The molecule has 0 bridgehead atoms. The van der Waals surface area contributed by atoms with Gasteiger partial charge in [-0.25, -0.2) is 0 Å². The predicted molar refractivity (Wildman–Crippen MR) is 114 cm³/mol. The standard InChI is InChI=1S/C20H15BrN4O4S/c1-10(26)25-14-5-4-12(21)8-13(14)17-18(22-20(30-2)24-23-17)29-19(25)11-3-6-15-16(7-11)28-9-27-15/h3-8,19H,9H2,1-2H3/t19-/m0/s1. The van der Waals surface area contributed by atoms with Gasteiger partial charge in [-0.05, 0) is 42.7 Å². The molecular formula is C20H15BrN4O4S. The molecule has 1 atom stereocenters. The fourth-order valence-electron chi connectivity index (χ4n) is 3.45. The van der Waals surface area contributed by atoms with E-state index < -0.39 is 6.23 Å². The van der Waals surface area contributed by atoms with E-state index in [2.05, 4.69) is 31.1 Å². The van der Waals surface area contributed by atoms with E-state index in [1.807, 2.05) is 36.6 Å². The van der Waals surface area contributed by atoms with E-state index in [1.54, 1.807) is 11.0 Å². The summed E-state index contributed by atoms with van der Waals surface area (Å²) in [6.07, 6.45) is 1.09. The predicted octanol–water partition coefficient (Wildman–Crippen LogP) is 4.20. The number of ether oxygens (including phenoxy) is 3. The maximum Gasteiger partial charge on any atom is 0.247 e. The van der Waals surface area contributed by atoms with Crippen LogP contribution in [0.2, 0.25) is 0 Å². The monoisotopic (exact) mass is 486 g/mol. The van der Waals surface area contributed by atoms with Gasteiger partial charge in [-0.15, -0.1) is 10.2 Å². The lowest BCUT2D eigenvalue weighted by Crippen LogP contribution is -2.36. The number of aromatic nitrogens is 3. The van der Waals surface area contributed by atoms with Crippen molar-refractivity contribution in [2.24, 2.45) is 0 Å². The van der Waals surface area contributed by atoms with E-state index in [0.29, 0.717) is 39.5 Å². The minimum absolute atomic E-state index is 0.161. The van der Waals surface area contributed by atoms with Crippen LogP contribution in [-0.2, 0) is 4.79 Å². The summed E-state index contributed by atoms with van der Waals surface area (Å²) >= 11 is 4.86. The lowest BCUT2D eigenvalue weighted by atomic mass is 10.1. The molecule has 0 spiro atoms. The summed E-state index contributed by atoms with van der Waals surface area (Å²) in [6, 6.07) is 11.1. The van der Waals surface area contributed by atoms with Gasteiger partial charge in [0, 0.05) is 22.5 Å². The molecule has 10 heteroatoms. The molecule has 2 aliphatic heterocycles. The Morgan fingerprint density at radius 1 is 1.17 bits per heavy atom. The molecule has 0 aliphatic carbocycles. The number of fused-ring (bicyclic) bond motifs is 4. The highest BCUT2D eigenvalue weighted by atomic mass is 79.9. The van der Waals surface area contributed by atoms with Gasteiger partial charge < -0.3 is 14.2 Å². The maximum atomic E-state index is 12.8. The van der Waals surface area contributed by atoms with Gasteiger partial charge in [-0.3, -0.25) is 9.69 Å². The Kier molecular flexibility index (Phi) is 4.75. The Bertz CT molecular complexity index is 1180. The van der Waals surface area contributed by atoms with Gasteiger partial charge in [0.15, 0.2) is 17.2 Å². The molecule has 5 rings (SSSR count). The molecule has 0 radical (unpaired) electrons. The van der Waals surface area contributed by atoms with Crippen LogP contribution >= 0.6 is 27.7 Å². The van der Waals surface area contributed by atoms with E-state index in [-0.39, 0.29) is 12.7 Å². The topological polar surface area (TPSA) is 86.7 Å². The summed E-state index contributed by atoms with van der Waals surface area (Å²) in [5, 5.41) is 8.99. The van der Waals surface area contributed by atoms with Gasteiger partial charge >= 0.3 is 0 Å². The Morgan fingerprint density at radius 2 is 2.00 bits per heavy atom. The quantitative estimate of drug-likeness (QED) is 0.498. The number of hydrogen-bond donors (Lipinski definition) is 0. The van der Waals surface area contributed by atoms with Gasteiger partial charge in [0.2, 0.25) is 30.0 Å². The normalized spacial score (nSPS) is 16.4. The number of nitrogens with zero attached hydrogens (tertiary/aromatic N) is 4. The van der Waals surface area contributed by atoms with Crippen molar-refractivity contribution < 1.29 is 19.0 Å². The number of carbonyl (C=O) groups excluding carboxylic acids is 1. The highest BCUT2D eigenvalue weighted by Crippen LogP contribution is 2.45. The Balaban J connectivity index is 1.74. The summed E-state index contributed by atoms with van der Waals surface area (Å²) < 4.78 is 18.1. The number of hydrogen-bond acceptors (Lipinski definition) is 8. The Hall–Kier alpha value is -2.85. The zero-order valence-electron chi connectivity index (χ0n) is 16.0. The molecule has 3 heterocycles. The molecule has 1 aromatic heterocycles. The lowest BCUT2D eigenvalue weighted by Gasteiger charge is -2.30. The fourth-order valence-corrected chi connectivity index (χ4v) is 4.10. The third-order valence-electron chi connectivity index (χ3n) is 4.77. The first-order valence-corrected chi connectivity index (χ1v) is 11.0. The summed E-state index contributed by atoms with van der Waals surface area (Å²) in [6.45, 7) is 1.66. The average molecular weight is 487 g/mol. The third kappa shape index (κ3) is 3.16. The molecule has 0 saturated carbocycles. The van der Waals surface area contributed by atoms with Crippen LogP contribution in [0.3, 0.4) is 0 Å². The third-order valence-corrected chi connectivity index (χ3v) is 5.80. The molecule has 3 aromatic rings. The Labute approximate surface area is 184 Å². The van der Waals surface area contributed by atoms with E-state index in [4.69, 9.17) is 14.2 Å². The Morgan fingerprint density at radius 3 is 2.80 bits per heavy atom. The van der Waals surface area contributed by atoms with Crippen LogP contribution in [0.4, 0.5) is 5.69 Å². The number of amides is 1. The maximum absolute atomic E-state index is 12.8. The molecular weight excluding hydrogens is 472 g/mol. The number of anilines is 1. The number of benzene rings is 2. The second-order valence-corrected chi connectivity index (χ2v) is 8.27. The van der Waals surface area contributed by atoms with Crippen LogP contribution in [0.5, 0.6) is 17.4 Å². The summed E-state index contributed by atoms with van der Waals surface area (Å²) in [5.74, 6) is 1.37. The van der Waals surface area contributed by atoms with Crippen LogP contribution in [-0.4, -0.2) is 34.1 Å². The lowest BCUT2D eigenvalue weighted by molar-refractivity contribution is -0.118. The van der Waals surface area contributed by atoms with Gasteiger partial charge in [-0.1, -0.05) is 27.7 Å². The van der Waals surface area contributed by atoms with Gasteiger partial charge in [0.05, 0.1) is 5.69 Å². The van der Waals surface area contributed by atoms with Crippen molar-refractivity contribution >= 4 is 39.3 Å². The molecule has 152 valence electrons. The van der Waals surface area contributed by atoms with Gasteiger partial charge in [0.25, 0.3) is 0 Å². The second-order valence-electron chi connectivity index (χ2n) is 6.59. The summed E-state index contributed by atoms with van der Waals surface area (Å²) in [4.78, 5) is 18.9. The summed E-state index contributed by atoms with van der Waals surface area (Å²) in [5.41, 5.74) is 2.55. The van der Waals surface area contributed by atoms with Crippen LogP contribution < -0.4 is 19.1 Å². The van der Waals surface area contributed by atoms with Gasteiger partial charge in [0.1, 0.15) is 0 Å². The van der Waals surface area contributed by atoms with E-state index in [0.717, 1.165) is 10.0 Å². The zero-order valence-corrected chi connectivity index (χ0v) is 18.4. The molecule has 30 heavy (non-hydrogen) atoms. The first-order chi connectivity index (χ1) is 14.5. The fraction of sp³-hybridized carbons (Fsp3) is 0.200. The first-order valence-electron chi connectivity index (χ1n) is 9.00. The van der Waals surface area contributed by atoms with Crippen LogP contribution in [0.15, 0.2) is 46.0 Å². The molecule has 0 fully saturated rings. The molecule has 1 amide bonds. The van der Waals surface area contributed by atoms with E-state index in [9.17, 15) is 4.79 Å². The van der Waals surface area contributed by atoms with Crippen LogP contribution in [0.1, 0.15) is 18.7 Å². The number of rotatable bonds is 2. The van der Waals surface area contributed by atoms with Crippen molar-refractivity contribution in [2.45, 2.75) is 18.3 Å². The average Bonchev–Trinajstić information content (AvgIpc) is 3.16. The van der Waals surface area contributed by atoms with Crippen molar-refractivity contribution in [3.05, 3.63) is 46.4 Å². The highest BCUT2D eigenvalue weighted by molar-refractivity contribution is 9.10. The number of carbonyl (C=O) groups is 1. The van der Waals surface area contributed by atoms with Crippen molar-refractivity contribution in [3.63, 3.8) is 0 Å². The zero-order chi connectivity index (χ0) is 20.8. The molecule has 0 saturated heterocycles.